The van der Waals surface area contributed by atoms with Gasteiger partial charge in [-0.2, -0.15) is 0 Å². The fourth-order valence-corrected chi connectivity index (χ4v) is 1.89. The van der Waals surface area contributed by atoms with E-state index in [0.29, 0.717) is 11.7 Å². The van der Waals surface area contributed by atoms with Crippen molar-refractivity contribution in [3.8, 4) is 5.75 Å². The summed E-state index contributed by atoms with van der Waals surface area (Å²) in [6.45, 7) is 2.22. The first-order valence-electron chi connectivity index (χ1n) is 5.58. The molecule has 1 atom stereocenters. The smallest absolute Gasteiger partial charge is 0.115 e. The second-order valence-corrected chi connectivity index (χ2v) is 4.18. The van der Waals surface area contributed by atoms with E-state index in [1.165, 1.54) is 11.1 Å². The maximum absolute atomic E-state index is 9.21. The predicted molar refractivity (Wildman–Crippen MR) is 66.7 cm³/mol. The second kappa shape index (κ2) is 4.84. The molecule has 0 aliphatic carbocycles. The van der Waals surface area contributed by atoms with Gasteiger partial charge >= 0.3 is 0 Å². The number of phenols is 1. The summed E-state index contributed by atoms with van der Waals surface area (Å²) in [6.07, 6.45) is 1.00. The summed E-state index contributed by atoms with van der Waals surface area (Å²) in [5.74, 6) is 0.835. The quantitative estimate of drug-likeness (QED) is 0.821. The van der Waals surface area contributed by atoms with Crippen LogP contribution in [-0.4, -0.2) is 5.11 Å². The van der Waals surface area contributed by atoms with Crippen LogP contribution in [0.1, 0.15) is 24.0 Å². The van der Waals surface area contributed by atoms with Gasteiger partial charge < -0.3 is 5.11 Å². The molecule has 1 heteroatoms. The molecule has 0 amide bonds. The highest BCUT2D eigenvalue weighted by atomic mass is 16.3. The Balaban J connectivity index is 2.08. The molecule has 0 saturated heterocycles. The fourth-order valence-electron chi connectivity index (χ4n) is 1.89. The minimum atomic E-state index is 0.330. The Morgan fingerprint density at radius 3 is 2.19 bits per heavy atom. The molecule has 0 saturated carbocycles. The van der Waals surface area contributed by atoms with Crippen LogP contribution in [-0.2, 0) is 6.42 Å². The highest BCUT2D eigenvalue weighted by Crippen LogP contribution is 2.21. The van der Waals surface area contributed by atoms with E-state index in [-0.39, 0.29) is 0 Å². The highest BCUT2D eigenvalue weighted by Gasteiger charge is 2.05. The monoisotopic (exact) mass is 212 g/mol. The lowest BCUT2D eigenvalue weighted by Gasteiger charge is -2.11. The van der Waals surface area contributed by atoms with E-state index in [1.54, 1.807) is 12.1 Å². The Bertz CT molecular complexity index is 431. The first-order valence-corrected chi connectivity index (χ1v) is 5.58. The lowest BCUT2D eigenvalue weighted by atomic mass is 9.94. The fraction of sp³-hybridized carbons (Fsp3) is 0.200. The van der Waals surface area contributed by atoms with Gasteiger partial charge in [0.2, 0.25) is 0 Å². The van der Waals surface area contributed by atoms with Gasteiger partial charge in [-0.3, -0.25) is 0 Å². The molecule has 2 aromatic rings. The van der Waals surface area contributed by atoms with Gasteiger partial charge in [0.05, 0.1) is 0 Å². The van der Waals surface area contributed by atoms with E-state index >= 15 is 0 Å². The van der Waals surface area contributed by atoms with Crippen LogP contribution in [0.4, 0.5) is 0 Å². The molecule has 0 aliphatic heterocycles. The molecule has 1 N–H and O–H groups in total. The summed E-state index contributed by atoms with van der Waals surface area (Å²) in [6, 6.07) is 17.9. The molecule has 82 valence electrons. The van der Waals surface area contributed by atoms with Gasteiger partial charge in [0.25, 0.3) is 0 Å². The van der Waals surface area contributed by atoms with E-state index in [9.17, 15) is 5.11 Å². The standard InChI is InChI=1S/C15H16O/c1-12(14-5-3-2-4-6-14)11-13-7-9-15(16)10-8-13/h2-10,12,16H,11H2,1H3. The van der Waals surface area contributed by atoms with Gasteiger partial charge in [0.1, 0.15) is 5.75 Å². The Labute approximate surface area is 96.4 Å². The van der Waals surface area contributed by atoms with Crippen molar-refractivity contribution >= 4 is 0 Å². The van der Waals surface area contributed by atoms with Crippen molar-refractivity contribution in [1.82, 2.24) is 0 Å². The van der Waals surface area contributed by atoms with Crippen LogP contribution < -0.4 is 0 Å². The van der Waals surface area contributed by atoms with Crippen LogP contribution in [0.15, 0.2) is 54.6 Å². The SMILES string of the molecule is CC(Cc1ccc(O)cc1)c1ccccc1. The molecule has 0 bridgehead atoms. The zero-order chi connectivity index (χ0) is 11.4. The van der Waals surface area contributed by atoms with Crippen LogP contribution in [0.25, 0.3) is 0 Å². The Morgan fingerprint density at radius 2 is 1.56 bits per heavy atom. The van der Waals surface area contributed by atoms with Crippen LogP contribution in [0.5, 0.6) is 5.75 Å². The van der Waals surface area contributed by atoms with Gasteiger partial charge in [0, 0.05) is 0 Å². The number of rotatable bonds is 3. The third-order valence-corrected chi connectivity index (χ3v) is 2.85. The summed E-state index contributed by atoms with van der Waals surface area (Å²) < 4.78 is 0. The Kier molecular flexibility index (Phi) is 3.25. The predicted octanol–water partition coefficient (Wildman–Crippen LogP) is 3.74. The normalized spacial score (nSPS) is 12.3. The van der Waals surface area contributed by atoms with Crippen molar-refractivity contribution < 1.29 is 5.11 Å². The molecule has 0 fully saturated rings. The molecule has 2 aromatic carbocycles. The van der Waals surface area contributed by atoms with Crippen LogP contribution >= 0.6 is 0 Å². The van der Waals surface area contributed by atoms with Crippen LogP contribution in [0.2, 0.25) is 0 Å². The van der Waals surface area contributed by atoms with Crippen molar-refractivity contribution in [3.05, 3.63) is 65.7 Å². The van der Waals surface area contributed by atoms with Crippen molar-refractivity contribution in [2.75, 3.05) is 0 Å². The largest absolute Gasteiger partial charge is 0.508 e. The molecular formula is C15H16O. The summed E-state index contributed by atoms with van der Waals surface area (Å²) in [5.41, 5.74) is 2.62. The molecular weight excluding hydrogens is 196 g/mol. The molecule has 1 nitrogen and oxygen atoms in total. The summed E-state index contributed by atoms with van der Waals surface area (Å²) in [7, 11) is 0. The van der Waals surface area contributed by atoms with Gasteiger partial charge in [-0.1, -0.05) is 49.4 Å². The lowest BCUT2D eigenvalue weighted by Crippen LogP contribution is -1.97. The number of hydrogen-bond donors (Lipinski definition) is 1. The summed E-state index contributed by atoms with van der Waals surface area (Å²) in [4.78, 5) is 0. The van der Waals surface area contributed by atoms with E-state index in [1.807, 2.05) is 18.2 Å². The number of benzene rings is 2. The first kappa shape index (κ1) is 10.7. The van der Waals surface area contributed by atoms with E-state index in [0.717, 1.165) is 6.42 Å². The minimum absolute atomic E-state index is 0.330. The van der Waals surface area contributed by atoms with Crippen molar-refractivity contribution in [2.45, 2.75) is 19.3 Å². The summed E-state index contributed by atoms with van der Waals surface area (Å²) in [5, 5.41) is 9.21. The van der Waals surface area contributed by atoms with Gasteiger partial charge in [0.15, 0.2) is 0 Å². The molecule has 0 aliphatic rings. The lowest BCUT2D eigenvalue weighted by molar-refractivity contribution is 0.475. The number of aromatic hydroxyl groups is 1. The van der Waals surface area contributed by atoms with E-state index in [4.69, 9.17) is 0 Å². The first-order chi connectivity index (χ1) is 7.75. The van der Waals surface area contributed by atoms with Gasteiger partial charge in [-0.25, -0.2) is 0 Å². The maximum atomic E-state index is 9.21. The molecule has 0 radical (unpaired) electrons. The van der Waals surface area contributed by atoms with Crippen molar-refractivity contribution in [1.29, 1.82) is 0 Å². The van der Waals surface area contributed by atoms with E-state index in [2.05, 4.69) is 31.2 Å². The molecule has 2 rings (SSSR count). The van der Waals surface area contributed by atoms with Crippen LogP contribution in [0, 0.1) is 0 Å². The molecule has 0 aromatic heterocycles. The second-order valence-electron chi connectivity index (χ2n) is 4.18. The van der Waals surface area contributed by atoms with Crippen molar-refractivity contribution in [2.24, 2.45) is 0 Å². The topological polar surface area (TPSA) is 20.2 Å². The molecule has 0 heterocycles. The van der Waals surface area contributed by atoms with Gasteiger partial charge in [-0.05, 0) is 35.6 Å². The Hall–Kier alpha value is -1.76. The zero-order valence-electron chi connectivity index (χ0n) is 9.43. The average molecular weight is 212 g/mol. The highest BCUT2D eigenvalue weighted by molar-refractivity contribution is 5.28. The van der Waals surface area contributed by atoms with E-state index < -0.39 is 0 Å². The number of hydrogen-bond acceptors (Lipinski definition) is 1. The third kappa shape index (κ3) is 2.63. The summed E-state index contributed by atoms with van der Waals surface area (Å²) >= 11 is 0. The van der Waals surface area contributed by atoms with Gasteiger partial charge in [-0.15, -0.1) is 0 Å². The molecule has 1 unspecified atom stereocenters. The maximum Gasteiger partial charge on any atom is 0.115 e. The van der Waals surface area contributed by atoms with Crippen LogP contribution in [0.3, 0.4) is 0 Å². The minimum Gasteiger partial charge on any atom is -0.508 e. The third-order valence-electron chi connectivity index (χ3n) is 2.85. The molecule has 0 spiro atoms. The van der Waals surface area contributed by atoms with Crippen molar-refractivity contribution in [3.63, 3.8) is 0 Å². The zero-order valence-corrected chi connectivity index (χ0v) is 9.43. The Morgan fingerprint density at radius 1 is 0.938 bits per heavy atom. The number of phenolic OH excluding ortho intramolecular Hbond substituents is 1. The average Bonchev–Trinajstić information content (AvgIpc) is 2.33. The molecule has 16 heavy (non-hydrogen) atoms.